The molecule has 0 radical (unpaired) electrons. The number of carbonyl (C=O) groups is 1. The Morgan fingerprint density at radius 3 is 2.88 bits per heavy atom. The number of fused-ring (bicyclic) bond motifs is 1. The zero-order valence-electron chi connectivity index (χ0n) is 17.8. The van der Waals surface area contributed by atoms with E-state index in [0.29, 0.717) is 29.6 Å². The number of nitrogens with one attached hydrogen (secondary N) is 4. The molecule has 32 heavy (non-hydrogen) atoms. The Morgan fingerprint density at radius 1 is 1.19 bits per heavy atom. The van der Waals surface area contributed by atoms with Crippen LogP contribution in [0.3, 0.4) is 0 Å². The number of hydrogen-bond acceptors (Lipinski definition) is 6. The first kappa shape index (κ1) is 21.2. The number of H-pyrrole nitrogens is 1. The van der Waals surface area contributed by atoms with Gasteiger partial charge in [0.05, 0.1) is 23.0 Å². The number of hydrogen-bond donors (Lipinski definition) is 5. The molecule has 1 saturated carbocycles. The lowest BCUT2D eigenvalue weighted by Gasteiger charge is -2.31. The van der Waals surface area contributed by atoms with Gasteiger partial charge in [-0.2, -0.15) is 0 Å². The Balaban J connectivity index is 1.27. The standard InChI is InChI=1S/C23H28ClN7O/c24-18-12-28-23(31-21(18)17-11-27-19-7-2-1-6-16(17)19)30-15-5-3-4-14(9-15)29-22(32)20-8-13(25)10-26-20/h1-2,6-7,11-15,20,26-27H,3-5,8-10,25H2,(H,29,32)(H,28,30,31)/t13-,14-,15+,20?/m0/s1. The van der Waals surface area contributed by atoms with Gasteiger partial charge in [-0.05, 0) is 38.2 Å². The number of carbonyl (C=O) groups excluding carboxylic acids is 1. The summed E-state index contributed by atoms with van der Waals surface area (Å²) in [5, 5.41) is 11.4. The van der Waals surface area contributed by atoms with Gasteiger partial charge < -0.3 is 26.7 Å². The molecule has 6 N–H and O–H groups in total. The zero-order valence-corrected chi connectivity index (χ0v) is 18.5. The van der Waals surface area contributed by atoms with Crippen LogP contribution in [0, 0.1) is 0 Å². The van der Waals surface area contributed by atoms with Crippen LogP contribution in [0.2, 0.25) is 5.02 Å². The van der Waals surface area contributed by atoms with Crippen molar-refractivity contribution in [3.63, 3.8) is 0 Å². The van der Waals surface area contributed by atoms with Gasteiger partial charge in [0.1, 0.15) is 0 Å². The molecular weight excluding hydrogens is 426 g/mol. The van der Waals surface area contributed by atoms with Crippen LogP contribution in [0.25, 0.3) is 22.2 Å². The van der Waals surface area contributed by atoms with Gasteiger partial charge in [-0.15, -0.1) is 0 Å². The Hall–Kier alpha value is -2.68. The fourth-order valence-electron chi connectivity index (χ4n) is 4.79. The summed E-state index contributed by atoms with van der Waals surface area (Å²) in [6.45, 7) is 0.694. The summed E-state index contributed by atoms with van der Waals surface area (Å²) in [6.07, 6.45) is 8.11. The second-order valence-electron chi connectivity index (χ2n) is 8.81. The van der Waals surface area contributed by atoms with E-state index in [9.17, 15) is 4.79 Å². The van der Waals surface area contributed by atoms with Gasteiger partial charge in [0.15, 0.2) is 0 Å². The number of aromatic nitrogens is 3. The third-order valence-electron chi connectivity index (χ3n) is 6.42. The first-order valence-electron chi connectivity index (χ1n) is 11.2. The topological polar surface area (TPSA) is 121 Å². The van der Waals surface area contributed by atoms with Crippen LogP contribution in [0.4, 0.5) is 5.95 Å². The van der Waals surface area contributed by atoms with Crippen LogP contribution >= 0.6 is 11.6 Å². The second kappa shape index (κ2) is 9.05. The molecule has 1 aliphatic carbocycles. The Morgan fingerprint density at radius 2 is 2.03 bits per heavy atom. The van der Waals surface area contributed by atoms with E-state index in [-0.39, 0.29) is 30.1 Å². The summed E-state index contributed by atoms with van der Waals surface area (Å²) in [5.74, 6) is 0.600. The van der Waals surface area contributed by atoms with Crippen LogP contribution in [0.5, 0.6) is 0 Å². The quantitative estimate of drug-likeness (QED) is 0.405. The lowest BCUT2D eigenvalue weighted by Crippen LogP contribution is -2.48. The zero-order chi connectivity index (χ0) is 22.1. The minimum atomic E-state index is -0.184. The summed E-state index contributed by atoms with van der Waals surface area (Å²) in [5.41, 5.74) is 8.60. The molecule has 2 aromatic heterocycles. The van der Waals surface area contributed by atoms with Gasteiger partial charge in [0.25, 0.3) is 0 Å². The van der Waals surface area contributed by atoms with Gasteiger partial charge in [0.2, 0.25) is 11.9 Å². The van der Waals surface area contributed by atoms with Crippen molar-refractivity contribution in [3.05, 3.63) is 41.7 Å². The molecule has 8 nitrogen and oxygen atoms in total. The normalized spacial score (nSPS) is 25.7. The lowest BCUT2D eigenvalue weighted by atomic mass is 9.90. The molecule has 5 rings (SSSR count). The maximum absolute atomic E-state index is 12.6. The number of aromatic amines is 1. The van der Waals surface area contributed by atoms with Gasteiger partial charge >= 0.3 is 0 Å². The molecule has 3 heterocycles. The average molecular weight is 454 g/mol. The maximum atomic E-state index is 12.6. The molecule has 1 unspecified atom stereocenters. The van der Waals surface area contributed by atoms with Gasteiger partial charge in [-0.3, -0.25) is 4.79 Å². The van der Waals surface area contributed by atoms with E-state index in [2.05, 4.69) is 25.9 Å². The van der Waals surface area contributed by atoms with Crippen molar-refractivity contribution >= 4 is 34.4 Å². The predicted molar refractivity (Wildman–Crippen MR) is 127 cm³/mol. The first-order chi connectivity index (χ1) is 15.6. The minimum Gasteiger partial charge on any atom is -0.360 e. The Kier molecular flexibility index (Phi) is 5.99. The number of nitrogens with zero attached hydrogens (tertiary/aromatic N) is 2. The van der Waals surface area contributed by atoms with Crippen LogP contribution in [0.1, 0.15) is 32.1 Å². The van der Waals surface area contributed by atoms with Crippen molar-refractivity contribution < 1.29 is 4.79 Å². The van der Waals surface area contributed by atoms with Gasteiger partial charge in [-0.25, -0.2) is 9.97 Å². The molecule has 9 heteroatoms. The smallest absolute Gasteiger partial charge is 0.237 e. The van der Waals surface area contributed by atoms with Crippen LogP contribution in [0.15, 0.2) is 36.7 Å². The molecule has 0 spiro atoms. The minimum absolute atomic E-state index is 0.0490. The average Bonchev–Trinajstić information content (AvgIpc) is 3.42. The predicted octanol–water partition coefficient (Wildman–Crippen LogP) is 2.81. The fraction of sp³-hybridized carbons (Fsp3) is 0.435. The number of amides is 1. The highest BCUT2D eigenvalue weighted by atomic mass is 35.5. The highest BCUT2D eigenvalue weighted by molar-refractivity contribution is 6.33. The second-order valence-corrected chi connectivity index (χ2v) is 9.22. The molecule has 2 aliphatic rings. The van der Waals surface area contributed by atoms with E-state index in [0.717, 1.165) is 42.1 Å². The summed E-state index contributed by atoms with van der Waals surface area (Å²) >= 11 is 6.45. The fourth-order valence-corrected chi connectivity index (χ4v) is 4.98. The Bertz CT molecular complexity index is 1120. The third kappa shape index (κ3) is 4.44. The highest BCUT2D eigenvalue weighted by Gasteiger charge is 2.30. The van der Waals surface area contributed by atoms with Crippen molar-refractivity contribution in [3.8, 4) is 11.3 Å². The van der Waals surface area contributed by atoms with Crippen LogP contribution < -0.4 is 21.7 Å². The van der Waals surface area contributed by atoms with Crippen LogP contribution in [-0.4, -0.2) is 51.6 Å². The monoisotopic (exact) mass is 453 g/mol. The summed E-state index contributed by atoms with van der Waals surface area (Å²) in [6, 6.07) is 8.26. The van der Waals surface area contributed by atoms with E-state index in [4.69, 9.17) is 22.3 Å². The SMILES string of the molecule is N[C@@H]1CNC(C(=O)N[C@H]2CCC[C@@H](Nc3ncc(Cl)c(-c4c[nH]c5ccccc45)n3)C2)C1. The Labute approximate surface area is 191 Å². The van der Waals surface area contributed by atoms with E-state index in [1.54, 1.807) is 6.20 Å². The molecule has 1 saturated heterocycles. The highest BCUT2D eigenvalue weighted by Crippen LogP contribution is 2.32. The summed E-state index contributed by atoms with van der Waals surface area (Å²) < 4.78 is 0. The van der Waals surface area contributed by atoms with Crippen molar-refractivity contribution in [1.29, 1.82) is 0 Å². The number of para-hydroxylation sites is 1. The number of anilines is 1. The van der Waals surface area contributed by atoms with E-state index < -0.39 is 0 Å². The molecule has 1 aromatic carbocycles. The number of rotatable bonds is 5. The number of benzene rings is 1. The van der Waals surface area contributed by atoms with Crippen molar-refractivity contribution in [2.75, 3.05) is 11.9 Å². The van der Waals surface area contributed by atoms with E-state index in [1.165, 1.54) is 0 Å². The molecular formula is C23H28ClN7O. The molecule has 4 atom stereocenters. The van der Waals surface area contributed by atoms with E-state index in [1.807, 2.05) is 30.5 Å². The molecule has 1 amide bonds. The first-order valence-corrected chi connectivity index (χ1v) is 11.6. The summed E-state index contributed by atoms with van der Waals surface area (Å²) in [4.78, 5) is 25.0. The van der Waals surface area contributed by atoms with E-state index >= 15 is 0 Å². The maximum Gasteiger partial charge on any atom is 0.237 e. The number of nitrogens with two attached hydrogens (primary N) is 1. The molecule has 3 aromatic rings. The van der Waals surface area contributed by atoms with Crippen molar-refractivity contribution in [1.82, 2.24) is 25.6 Å². The molecule has 2 fully saturated rings. The van der Waals surface area contributed by atoms with Gasteiger partial charge in [0, 0.05) is 47.3 Å². The van der Waals surface area contributed by atoms with Crippen molar-refractivity contribution in [2.45, 2.75) is 56.3 Å². The molecule has 1 aliphatic heterocycles. The lowest BCUT2D eigenvalue weighted by molar-refractivity contribution is -0.123. The summed E-state index contributed by atoms with van der Waals surface area (Å²) in [7, 11) is 0. The third-order valence-corrected chi connectivity index (χ3v) is 6.70. The largest absolute Gasteiger partial charge is 0.360 e. The van der Waals surface area contributed by atoms with Crippen molar-refractivity contribution in [2.24, 2.45) is 5.73 Å². The molecule has 0 bridgehead atoms. The van der Waals surface area contributed by atoms with Gasteiger partial charge in [-0.1, -0.05) is 29.8 Å². The molecule has 168 valence electrons. The van der Waals surface area contributed by atoms with Crippen LogP contribution in [-0.2, 0) is 4.79 Å². The number of halogens is 1.